The molecule has 0 amide bonds. The standard InChI is InChI=1S/C20H36N4OS.HI/c1-4-20(5-2,9-14-25)17-22-19(21-6-3)24-12-10-23(11-13-24)16-18-8-7-15-26-18;/h7-8,15,25H,4-6,9-14,16-17H2,1-3H3,(H,21,22);1H. The van der Waals surface area contributed by atoms with E-state index in [-0.39, 0.29) is 36.0 Å². The fourth-order valence-corrected chi connectivity index (χ4v) is 4.30. The highest BCUT2D eigenvalue weighted by Gasteiger charge is 2.26. The fourth-order valence-electron chi connectivity index (χ4n) is 3.55. The summed E-state index contributed by atoms with van der Waals surface area (Å²) in [7, 11) is 0. The van der Waals surface area contributed by atoms with Crippen LogP contribution >= 0.6 is 35.3 Å². The first kappa shape index (κ1) is 24.7. The number of piperazine rings is 1. The van der Waals surface area contributed by atoms with E-state index < -0.39 is 0 Å². The summed E-state index contributed by atoms with van der Waals surface area (Å²) in [5.41, 5.74) is 0.121. The van der Waals surface area contributed by atoms with Crippen LogP contribution in [0.4, 0.5) is 0 Å². The molecule has 7 heteroatoms. The number of guanidine groups is 1. The average Bonchev–Trinajstić information content (AvgIpc) is 3.18. The monoisotopic (exact) mass is 508 g/mol. The molecule has 0 saturated carbocycles. The first-order chi connectivity index (χ1) is 12.7. The predicted molar refractivity (Wildman–Crippen MR) is 127 cm³/mol. The second-order valence-electron chi connectivity index (χ2n) is 7.19. The molecule has 1 aliphatic rings. The summed E-state index contributed by atoms with van der Waals surface area (Å²) in [6.07, 6.45) is 2.95. The lowest BCUT2D eigenvalue weighted by atomic mass is 9.79. The van der Waals surface area contributed by atoms with Crippen LogP contribution in [0, 0.1) is 5.41 Å². The minimum absolute atomic E-state index is 0. The highest BCUT2D eigenvalue weighted by molar-refractivity contribution is 14.0. The molecule has 1 saturated heterocycles. The van der Waals surface area contributed by atoms with E-state index in [2.05, 4.69) is 53.4 Å². The summed E-state index contributed by atoms with van der Waals surface area (Å²) in [4.78, 5) is 11.3. The zero-order chi connectivity index (χ0) is 18.8. The van der Waals surface area contributed by atoms with Gasteiger partial charge >= 0.3 is 0 Å². The first-order valence-electron chi connectivity index (χ1n) is 10.0. The Morgan fingerprint density at radius 2 is 1.93 bits per heavy atom. The van der Waals surface area contributed by atoms with Gasteiger partial charge in [-0.15, -0.1) is 35.3 Å². The van der Waals surface area contributed by atoms with Crippen LogP contribution in [0.15, 0.2) is 22.5 Å². The number of nitrogens with one attached hydrogen (secondary N) is 1. The third-order valence-electron chi connectivity index (χ3n) is 5.67. The van der Waals surface area contributed by atoms with Gasteiger partial charge in [0.2, 0.25) is 0 Å². The van der Waals surface area contributed by atoms with E-state index in [4.69, 9.17) is 4.99 Å². The van der Waals surface area contributed by atoms with Crippen LogP contribution < -0.4 is 5.32 Å². The third kappa shape index (κ3) is 7.51. The number of aliphatic imine (C=N–C) groups is 1. The highest BCUT2D eigenvalue weighted by atomic mass is 127. The van der Waals surface area contributed by atoms with Crippen molar-refractivity contribution in [2.45, 2.75) is 46.6 Å². The van der Waals surface area contributed by atoms with E-state index in [0.29, 0.717) is 0 Å². The quantitative estimate of drug-likeness (QED) is 0.304. The predicted octanol–water partition coefficient (Wildman–Crippen LogP) is 3.64. The maximum Gasteiger partial charge on any atom is 0.194 e. The molecule has 27 heavy (non-hydrogen) atoms. The van der Waals surface area contributed by atoms with Crippen molar-refractivity contribution >= 4 is 41.3 Å². The summed E-state index contributed by atoms with van der Waals surface area (Å²) in [5.74, 6) is 1.03. The summed E-state index contributed by atoms with van der Waals surface area (Å²) >= 11 is 1.84. The van der Waals surface area contributed by atoms with Crippen molar-refractivity contribution in [2.75, 3.05) is 45.9 Å². The molecule has 0 aromatic carbocycles. The largest absolute Gasteiger partial charge is 0.396 e. The number of rotatable bonds is 9. The Hall–Kier alpha value is -0.380. The Kier molecular flexibility index (Phi) is 11.8. The molecule has 2 heterocycles. The molecule has 1 aromatic rings. The minimum Gasteiger partial charge on any atom is -0.396 e. The molecule has 0 unspecified atom stereocenters. The molecule has 0 spiro atoms. The summed E-state index contributed by atoms with van der Waals surface area (Å²) in [6.45, 7) is 13.7. The van der Waals surface area contributed by atoms with E-state index in [0.717, 1.165) is 71.0 Å². The maximum atomic E-state index is 9.44. The van der Waals surface area contributed by atoms with E-state index >= 15 is 0 Å². The summed E-state index contributed by atoms with van der Waals surface area (Å²) in [5, 5.41) is 15.1. The van der Waals surface area contributed by atoms with Gasteiger partial charge in [0, 0.05) is 57.3 Å². The SMILES string of the molecule is CCNC(=NCC(CC)(CC)CCO)N1CCN(Cc2cccs2)CC1.I. The van der Waals surface area contributed by atoms with Gasteiger partial charge in [-0.3, -0.25) is 9.89 Å². The smallest absolute Gasteiger partial charge is 0.194 e. The highest BCUT2D eigenvalue weighted by Crippen LogP contribution is 2.30. The van der Waals surface area contributed by atoms with E-state index in [9.17, 15) is 5.11 Å². The Bertz CT molecular complexity index is 526. The van der Waals surface area contributed by atoms with Gasteiger partial charge in [0.25, 0.3) is 0 Å². The van der Waals surface area contributed by atoms with Gasteiger partial charge < -0.3 is 15.3 Å². The van der Waals surface area contributed by atoms with Crippen LogP contribution in [0.2, 0.25) is 0 Å². The van der Waals surface area contributed by atoms with Crippen molar-refractivity contribution in [3.63, 3.8) is 0 Å². The van der Waals surface area contributed by atoms with Crippen LogP contribution in [0.1, 0.15) is 44.9 Å². The second-order valence-corrected chi connectivity index (χ2v) is 8.23. The maximum absolute atomic E-state index is 9.44. The normalized spacial score (nSPS) is 16.3. The molecular weight excluding hydrogens is 471 g/mol. The molecule has 1 aliphatic heterocycles. The summed E-state index contributed by atoms with van der Waals surface area (Å²) < 4.78 is 0. The van der Waals surface area contributed by atoms with E-state index in [1.165, 1.54) is 4.88 Å². The molecule has 5 nitrogen and oxygen atoms in total. The van der Waals surface area contributed by atoms with Crippen molar-refractivity contribution < 1.29 is 5.11 Å². The fraction of sp³-hybridized carbons (Fsp3) is 0.750. The Balaban J connectivity index is 0.00000364. The van der Waals surface area contributed by atoms with E-state index in [1.54, 1.807) is 0 Å². The number of hydrogen-bond acceptors (Lipinski definition) is 4. The molecule has 156 valence electrons. The summed E-state index contributed by atoms with van der Waals surface area (Å²) in [6, 6.07) is 4.35. The van der Waals surface area contributed by atoms with Gasteiger partial charge in [0.1, 0.15) is 0 Å². The van der Waals surface area contributed by atoms with E-state index in [1.807, 2.05) is 11.3 Å². The number of halogens is 1. The number of aliphatic hydroxyl groups is 1. The Morgan fingerprint density at radius 3 is 2.44 bits per heavy atom. The molecule has 0 aliphatic carbocycles. The van der Waals surface area contributed by atoms with Crippen molar-refractivity contribution in [1.29, 1.82) is 0 Å². The minimum atomic E-state index is 0. The van der Waals surface area contributed by atoms with Gasteiger partial charge in [-0.2, -0.15) is 0 Å². The molecule has 2 rings (SSSR count). The topological polar surface area (TPSA) is 51.1 Å². The molecule has 1 aromatic heterocycles. The average molecular weight is 509 g/mol. The van der Waals surface area contributed by atoms with Crippen LogP contribution in [0.5, 0.6) is 0 Å². The van der Waals surface area contributed by atoms with Crippen LogP contribution in [-0.2, 0) is 6.54 Å². The molecule has 0 radical (unpaired) electrons. The second kappa shape index (κ2) is 13.0. The van der Waals surface area contributed by atoms with Gasteiger partial charge in [-0.05, 0) is 43.0 Å². The number of nitrogens with zero attached hydrogens (tertiary/aromatic N) is 3. The number of aliphatic hydroxyl groups excluding tert-OH is 1. The van der Waals surface area contributed by atoms with Crippen LogP contribution in [0.25, 0.3) is 0 Å². The zero-order valence-corrected chi connectivity index (χ0v) is 20.3. The van der Waals surface area contributed by atoms with Gasteiger partial charge in [0.15, 0.2) is 5.96 Å². The molecule has 2 N–H and O–H groups in total. The van der Waals surface area contributed by atoms with Crippen LogP contribution in [0.3, 0.4) is 0 Å². The van der Waals surface area contributed by atoms with Crippen molar-refractivity contribution in [3.8, 4) is 0 Å². The third-order valence-corrected chi connectivity index (χ3v) is 6.53. The van der Waals surface area contributed by atoms with Crippen LogP contribution in [-0.4, -0.2) is 66.7 Å². The Morgan fingerprint density at radius 1 is 1.22 bits per heavy atom. The lowest BCUT2D eigenvalue weighted by Crippen LogP contribution is -2.52. The lowest BCUT2D eigenvalue weighted by Gasteiger charge is -2.37. The molecule has 0 atom stereocenters. The van der Waals surface area contributed by atoms with Crippen molar-refractivity contribution in [2.24, 2.45) is 10.4 Å². The van der Waals surface area contributed by atoms with Gasteiger partial charge in [-0.25, -0.2) is 0 Å². The lowest BCUT2D eigenvalue weighted by molar-refractivity contribution is 0.167. The Labute approximate surface area is 186 Å². The first-order valence-corrected chi connectivity index (χ1v) is 10.9. The number of hydrogen-bond donors (Lipinski definition) is 2. The van der Waals surface area contributed by atoms with Gasteiger partial charge in [-0.1, -0.05) is 19.9 Å². The van der Waals surface area contributed by atoms with Crippen molar-refractivity contribution in [3.05, 3.63) is 22.4 Å². The molecular formula is C20H37IN4OS. The number of thiophene rings is 1. The molecule has 1 fully saturated rings. The van der Waals surface area contributed by atoms with Crippen molar-refractivity contribution in [1.82, 2.24) is 15.1 Å². The molecule has 0 bridgehead atoms. The van der Waals surface area contributed by atoms with Gasteiger partial charge in [0.05, 0.1) is 0 Å². The zero-order valence-electron chi connectivity index (χ0n) is 17.1.